The van der Waals surface area contributed by atoms with E-state index in [0.717, 1.165) is 22.3 Å². The van der Waals surface area contributed by atoms with E-state index in [0.29, 0.717) is 21.5 Å². The molecule has 0 radical (unpaired) electrons. The number of benzene rings is 2. The Kier molecular flexibility index (Phi) is 6.08. The number of hydrogen-bond acceptors (Lipinski definition) is 5. The van der Waals surface area contributed by atoms with Crippen molar-refractivity contribution in [3.05, 3.63) is 91.0 Å². The van der Waals surface area contributed by atoms with Crippen molar-refractivity contribution in [3.63, 3.8) is 0 Å². The van der Waals surface area contributed by atoms with Crippen LogP contribution in [-0.4, -0.2) is 29.8 Å². The summed E-state index contributed by atoms with van der Waals surface area (Å²) in [6.45, 7) is 2.54. The smallest absolute Gasteiger partial charge is 0.416 e. The molecule has 0 saturated carbocycles. The maximum atomic E-state index is 13.4. The van der Waals surface area contributed by atoms with Gasteiger partial charge in [0.1, 0.15) is 11.4 Å². The molecule has 9 nitrogen and oxygen atoms in total. The number of aryl methyl sites for hydroxylation is 2. The molecular weight excluding hydrogens is 479 g/mol. The molecule has 0 saturated heterocycles. The average Bonchev–Trinajstić information content (AvgIpc) is 3.14. The van der Waals surface area contributed by atoms with E-state index in [2.05, 4.69) is 4.98 Å². The van der Waals surface area contributed by atoms with Crippen LogP contribution in [0.1, 0.15) is 38.4 Å². The Morgan fingerprint density at radius 2 is 1.81 bits per heavy atom. The number of halogens is 3. The number of carbonyl (C=O) groups is 1. The van der Waals surface area contributed by atoms with E-state index >= 15 is 0 Å². The van der Waals surface area contributed by atoms with E-state index < -0.39 is 41.1 Å². The van der Waals surface area contributed by atoms with Crippen molar-refractivity contribution in [2.24, 2.45) is 12.8 Å². The topological polar surface area (TPSA) is 125 Å². The van der Waals surface area contributed by atoms with Crippen LogP contribution >= 0.6 is 0 Å². The molecule has 2 aromatic heterocycles. The van der Waals surface area contributed by atoms with Gasteiger partial charge in [-0.2, -0.15) is 13.2 Å². The van der Waals surface area contributed by atoms with Crippen LogP contribution in [0.2, 0.25) is 0 Å². The van der Waals surface area contributed by atoms with Crippen LogP contribution in [-0.2, 0) is 26.3 Å². The van der Waals surface area contributed by atoms with Crippen molar-refractivity contribution in [1.29, 1.82) is 0 Å². The summed E-state index contributed by atoms with van der Waals surface area (Å²) in [7, 11) is 1.78. The maximum absolute atomic E-state index is 13.4. The summed E-state index contributed by atoms with van der Waals surface area (Å²) in [5.74, 6) is -0.987. The van der Waals surface area contributed by atoms with E-state index in [1.165, 1.54) is 19.1 Å². The number of alkyl halides is 3. The molecule has 4 aromatic rings. The molecule has 0 amide bonds. The van der Waals surface area contributed by atoms with Gasteiger partial charge in [-0.3, -0.25) is 13.9 Å². The van der Waals surface area contributed by atoms with E-state index in [4.69, 9.17) is 5.73 Å². The highest BCUT2D eigenvalue weighted by atomic mass is 19.4. The molecule has 2 aromatic carbocycles. The summed E-state index contributed by atoms with van der Waals surface area (Å²) in [6, 6.07) is 6.69. The lowest BCUT2D eigenvalue weighted by Gasteiger charge is -2.17. The van der Waals surface area contributed by atoms with E-state index in [-0.39, 0.29) is 23.4 Å². The first-order valence-electron chi connectivity index (χ1n) is 10.8. The Morgan fingerprint density at radius 1 is 1.11 bits per heavy atom. The number of rotatable bonds is 5. The Morgan fingerprint density at radius 3 is 2.42 bits per heavy atom. The molecule has 12 heteroatoms. The van der Waals surface area contributed by atoms with Crippen LogP contribution in [0.3, 0.4) is 0 Å². The predicted octanol–water partition coefficient (Wildman–Crippen LogP) is 2.73. The standard InChI is InChI=1S/C24H22F3N5O4/c1-12-14(5-4-6-16(12)24(25,26)27)10-32-21(33)15(22(34)35)11-31(23(32)36)17-7-8-18-20(13(17)2)29-19(9-28)30(18)3/h4-8,11H,9-10,28H2,1-3H3,(H,34,35). The van der Waals surface area contributed by atoms with Gasteiger partial charge < -0.3 is 15.4 Å². The van der Waals surface area contributed by atoms with Crippen molar-refractivity contribution < 1.29 is 23.1 Å². The minimum Gasteiger partial charge on any atom is -0.477 e. The van der Waals surface area contributed by atoms with E-state index in [1.807, 2.05) is 0 Å². The number of fused-ring (bicyclic) bond motifs is 1. The fourth-order valence-corrected chi connectivity index (χ4v) is 4.27. The molecule has 4 rings (SSSR count). The van der Waals surface area contributed by atoms with Crippen LogP contribution in [0.25, 0.3) is 16.7 Å². The lowest BCUT2D eigenvalue weighted by atomic mass is 10.0. The predicted molar refractivity (Wildman–Crippen MR) is 125 cm³/mol. The summed E-state index contributed by atoms with van der Waals surface area (Å²) < 4.78 is 43.6. The maximum Gasteiger partial charge on any atom is 0.416 e. The van der Waals surface area contributed by atoms with Crippen LogP contribution in [0.5, 0.6) is 0 Å². The molecule has 0 aliphatic rings. The molecule has 3 N–H and O–H groups in total. The molecular formula is C24H22F3N5O4. The third-order valence-corrected chi connectivity index (χ3v) is 6.29. The Bertz CT molecular complexity index is 1650. The average molecular weight is 501 g/mol. The summed E-state index contributed by atoms with van der Waals surface area (Å²) >= 11 is 0. The summed E-state index contributed by atoms with van der Waals surface area (Å²) in [5, 5.41) is 9.63. The van der Waals surface area contributed by atoms with Crippen LogP contribution in [0.15, 0.2) is 46.1 Å². The molecule has 0 atom stereocenters. The molecule has 0 unspecified atom stereocenters. The highest BCUT2D eigenvalue weighted by molar-refractivity contribution is 5.87. The number of carboxylic acid groups (broad SMARTS) is 1. The zero-order chi connectivity index (χ0) is 26.5. The van der Waals surface area contributed by atoms with Gasteiger partial charge in [-0.25, -0.2) is 14.6 Å². The van der Waals surface area contributed by atoms with Crippen molar-refractivity contribution in [1.82, 2.24) is 18.7 Å². The second-order valence-electron chi connectivity index (χ2n) is 8.35. The third-order valence-electron chi connectivity index (χ3n) is 6.29. The highest BCUT2D eigenvalue weighted by Crippen LogP contribution is 2.33. The molecule has 0 spiro atoms. The van der Waals surface area contributed by atoms with Gasteiger partial charge >= 0.3 is 17.8 Å². The Hall–Kier alpha value is -4.19. The number of imidazole rings is 1. The summed E-state index contributed by atoms with van der Waals surface area (Å²) in [5.41, 5.74) is 4.06. The molecule has 36 heavy (non-hydrogen) atoms. The zero-order valence-electron chi connectivity index (χ0n) is 19.6. The van der Waals surface area contributed by atoms with Gasteiger partial charge in [0.25, 0.3) is 5.56 Å². The number of nitrogens with zero attached hydrogens (tertiary/aromatic N) is 4. The number of nitrogens with two attached hydrogens (primary N) is 1. The molecule has 2 heterocycles. The minimum absolute atomic E-state index is 0.0580. The van der Waals surface area contributed by atoms with E-state index in [1.54, 1.807) is 30.7 Å². The fourth-order valence-electron chi connectivity index (χ4n) is 4.27. The number of aromatic carboxylic acids is 1. The van der Waals surface area contributed by atoms with Crippen LogP contribution in [0.4, 0.5) is 13.2 Å². The number of hydrogen-bond donors (Lipinski definition) is 2. The fraction of sp³-hybridized carbons (Fsp3) is 0.250. The normalized spacial score (nSPS) is 11.9. The molecule has 0 aliphatic carbocycles. The second kappa shape index (κ2) is 8.79. The Labute approximate surface area is 201 Å². The van der Waals surface area contributed by atoms with Crippen molar-refractivity contribution >= 4 is 17.0 Å². The first-order valence-corrected chi connectivity index (χ1v) is 10.8. The molecule has 0 fully saturated rings. The van der Waals surface area contributed by atoms with Gasteiger partial charge in [0.05, 0.1) is 35.4 Å². The van der Waals surface area contributed by atoms with Gasteiger partial charge in [-0.05, 0) is 43.2 Å². The second-order valence-corrected chi connectivity index (χ2v) is 8.35. The van der Waals surface area contributed by atoms with Crippen molar-refractivity contribution in [2.75, 3.05) is 0 Å². The SMILES string of the molecule is Cc1c(Cn2c(=O)c(C(=O)O)cn(-c3ccc4c(nc(CN)n4C)c3C)c2=O)cccc1C(F)(F)F. The van der Waals surface area contributed by atoms with Gasteiger partial charge in [-0.15, -0.1) is 0 Å². The number of carboxylic acids is 1. The van der Waals surface area contributed by atoms with Gasteiger partial charge in [0.2, 0.25) is 0 Å². The quantitative estimate of drug-likeness (QED) is 0.433. The summed E-state index contributed by atoms with van der Waals surface area (Å²) in [4.78, 5) is 42.7. The zero-order valence-corrected chi connectivity index (χ0v) is 19.6. The van der Waals surface area contributed by atoms with Crippen molar-refractivity contribution in [3.8, 4) is 5.69 Å². The van der Waals surface area contributed by atoms with Gasteiger partial charge in [0, 0.05) is 18.8 Å². The monoisotopic (exact) mass is 501 g/mol. The highest BCUT2D eigenvalue weighted by Gasteiger charge is 2.33. The third kappa shape index (κ3) is 3.98. The van der Waals surface area contributed by atoms with Crippen LogP contribution < -0.4 is 17.0 Å². The lowest BCUT2D eigenvalue weighted by molar-refractivity contribution is -0.138. The number of aromatic nitrogens is 4. The van der Waals surface area contributed by atoms with E-state index in [9.17, 15) is 32.7 Å². The largest absolute Gasteiger partial charge is 0.477 e. The van der Waals surface area contributed by atoms with Crippen LogP contribution in [0, 0.1) is 13.8 Å². The summed E-state index contributed by atoms with van der Waals surface area (Å²) in [6.07, 6.45) is -3.71. The van der Waals surface area contributed by atoms with Gasteiger partial charge in [0.15, 0.2) is 0 Å². The Balaban J connectivity index is 1.97. The van der Waals surface area contributed by atoms with Gasteiger partial charge in [-0.1, -0.05) is 12.1 Å². The van der Waals surface area contributed by atoms with Crippen molar-refractivity contribution in [2.45, 2.75) is 33.1 Å². The first-order chi connectivity index (χ1) is 16.9. The molecule has 0 bridgehead atoms. The molecule has 188 valence electrons. The minimum atomic E-state index is -4.63. The molecule has 0 aliphatic heterocycles. The lowest BCUT2D eigenvalue weighted by Crippen LogP contribution is -2.42. The first kappa shape index (κ1) is 24.9.